The van der Waals surface area contributed by atoms with Crippen molar-refractivity contribution in [1.82, 2.24) is 0 Å². The van der Waals surface area contributed by atoms with E-state index in [1.54, 1.807) is 30.3 Å². The summed E-state index contributed by atoms with van der Waals surface area (Å²) in [5, 5.41) is 0. The van der Waals surface area contributed by atoms with Crippen molar-refractivity contribution in [2.45, 2.75) is 25.0 Å². The van der Waals surface area contributed by atoms with Gasteiger partial charge in [-0.25, -0.2) is 0 Å². The number of Topliss-reactive ketones (excluding diaryl/α,β-unsaturated/α-hetero) is 1. The van der Waals surface area contributed by atoms with Crippen molar-refractivity contribution >= 4 is 29.3 Å². The van der Waals surface area contributed by atoms with E-state index in [0.717, 1.165) is 6.42 Å². The predicted molar refractivity (Wildman–Crippen MR) is 84.4 cm³/mol. The van der Waals surface area contributed by atoms with Crippen molar-refractivity contribution < 1.29 is 23.9 Å². The molecule has 0 amide bonds. The number of alkyl halides is 1. The molecule has 2 aliphatic carbocycles. The first-order valence-electron chi connectivity index (χ1n) is 8.16. The van der Waals surface area contributed by atoms with E-state index in [-0.39, 0.29) is 35.6 Å². The Morgan fingerprint density at radius 1 is 1.25 bits per heavy atom. The molecule has 126 valence electrons. The molecule has 1 aromatic carbocycles. The monoisotopic (exact) mass is 348 g/mol. The second-order valence-electron chi connectivity index (χ2n) is 6.73. The number of hydrogen-bond donors (Lipinski definition) is 0. The zero-order valence-corrected chi connectivity index (χ0v) is 13.6. The molecule has 0 N–H and O–H groups in total. The van der Waals surface area contributed by atoms with Gasteiger partial charge in [0.15, 0.2) is 6.10 Å². The van der Waals surface area contributed by atoms with Crippen molar-refractivity contribution in [3.05, 3.63) is 35.9 Å². The third-order valence-electron chi connectivity index (χ3n) is 5.50. The Kier molecular flexibility index (Phi) is 3.83. The topological polar surface area (TPSA) is 69.7 Å². The van der Waals surface area contributed by atoms with E-state index in [1.165, 1.54) is 0 Å². The van der Waals surface area contributed by atoms with Crippen LogP contribution in [0.4, 0.5) is 0 Å². The summed E-state index contributed by atoms with van der Waals surface area (Å²) in [6.07, 6.45) is 0.462. The minimum Gasteiger partial charge on any atom is -0.462 e. The Morgan fingerprint density at radius 3 is 2.71 bits per heavy atom. The molecule has 6 atom stereocenters. The Morgan fingerprint density at radius 2 is 2.00 bits per heavy atom. The van der Waals surface area contributed by atoms with Crippen molar-refractivity contribution in [1.29, 1.82) is 0 Å². The van der Waals surface area contributed by atoms with E-state index < -0.39 is 23.9 Å². The van der Waals surface area contributed by atoms with Crippen LogP contribution in [-0.2, 0) is 19.1 Å². The number of rotatable bonds is 5. The van der Waals surface area contributed by atoms with Crippen molar-refractivity contribution in [3.8, 4) is 0 Å². The third-order valence-corrected chi connectivity index (χ3v) is 5.78. The van der Waals surface area contributed by atoms with Gasteiger partial charge < -0.3 is 9.47 Å². The van der Waals surface area contributed by atoms with Crippen LogP contribution in [-0.4, -0.2) is 35.8 Å². The molecule has 6 heteroatoms. The van der Waals surface area contributed by atoms with Gasteiger partial charge in [-0.3, -0.25) is 14.4 Å². The summed E-state index contributed by atoms with van der Waals surface area (Å²) in [6, 6.07) is 8.60. The fourth-order valence-corrected chi connectivity index (χ4v) is 4.69. The third kappa shape index (κ3) is 2.34. The van der Waals surface area contributed by atoms with Crippen LogP contribution < -0.4 is 0 Å². The Labute approximate surface area is 144 Å². The summed E-state index contributed by atoms with van der Waals surface area (Å²) >= 11 is 5.86. The highest BCUT2D eigenvalue weighted by molar-refractivity contribution is 6.21. The average Bonchev–Trinajstić information content (AvgIpc) is 3.21. The van der Waals surface area contributed by atoms with Crippen LogP contribution >= 0.6 is 11.6 Å². The summed E-state index contributed by atoms with van der Waals surface area (Å²) in [4.78, 5) is 37.1. The maximum Gasteiger partial charge on any atom is 0.310 e. The molecule has 3 aliphatic rings. The Balaban J connectivity index is 1.49. The molecular weight excluding hydrogens is 332 g/mol. The number of carbonyl (C=O) groups is 3. The molecule has 1 heterocycles. The summed E-state index contributed by atoms with van der Waals surface area (Å²) in [5.74, 6) is -1.93. The second kappa shape index (κ2) is 5.88. The molecule has 2 saturated carbocycles. The molecule has 1 aromatic rings. The SMILES string of the molecule is O=C(O[C@@H](CCl)C(=O)c1ccccc1)[C@@H]1[C@@H]2C[C@@H]3[C@H]1C(=O)O[C@H]3C2. The summed E-state index contributed by atoms with van der Waals surface area (Å²) in [5.41, 5.74) is 0.448. The average molecular weight is 349 g/mol. The summed E-state index contributed by atoms with van der Waals surface area (Å²) < 4.78 is 10.8. The molecule has 0 radical (unpaired) electrons. The lowest BCUT2D eigenvalue weighted by Gasteiger charge is -2.24. The van der Waals surface area contributed by atoms with Crippen LogP contribution in [0.2, 0.25) is 0 Å². The second-order valence-corrected chi connectivity index (χ2v) is 7.04. The summed E-state index contributed by atoms with van der Waals surface area (Å²) in [6.45, 7) is 0. The van der Waals surface area contributed by atoms with E-state index in [9.17, 15) is 14.4 Å². The first kappa shape index (κ1) is 15.6. The maximum absolute atomic E-state index is 12.6. The molecule has 4 rings (SSSR count). The van der Waals surface area contributed by atoms with Gasteiger partial charge in [0, 0.05) is 11.5 Å². The molecule has 0 unspecified atom stereocenters. The zero-order chi connectivity index (χ0) is 16.8. The zero-order valence-electron chi connectivity index (χ0n) is 12.9. The van der Waals surface area contributed by atoms with Crippen molar-refractivity contribution in [2.75, 3.05) is 5.88 Å². The molecule has 1 saturated heterocycles. The molecule has 1 aliphatic heterocycles. The number of carbonyl (C=O) groups excluding carboxylic acids is 3. The molecule has 5 nitrogen and oxygen atoms in total. The predicted octanol–water partition coefficient (Wildman–Crippen LogP) is 2.22. The minimum absolute atomic E-state index is 0.0358. The van der Waals surface area contributed by atoms with Gasteiger partial charge in [0.1, 0.15) is 6.10 Å². The van der Waals surface area contributed by atoms with Crippen LogP contribution in [0.25, 0.3) is 0 Å². The van der Waals surface area contributed by atoms with Gasteiger partial charge in [0.25, 0.3) is 0 Å². The molecular formula is C18H17ClO5. The van der Waals surface area contributed by atoms with Gasteiger partial charge in [0.05, 0.1) is 17.7 Å². The highest BCUT2D eigenvalue weighted by Crippen LogP contribution is 2.58. The molecule has 24 heavy (non-hydrogen) atoms. The van der Waals surface area contributed by atoms with E-state index in [1.807, 2.05) is 0 Å². The maximum atomic E-state index is 12.6. The lowest BCUT2D eigenvalue weighted by Crippen LogP contribution is -2.38. The van der Waals surface area contributed by atoms with Crippen molar-refractivity contribution in [2.24, 2.45) is 23.7 Å². The van der Waals surface area contributed by atoms with Crippen molar-refractivity contribution in [3.63, 3.8) is 0 Å². The molecule has 0 spiro atoms. The Hall–Kier alpha value is -1.88. The highest BCUT2D eigenvalue weighted by Gasteiger charge is 2.64. The first-order valence-corrected chi connectivity index (χ1v) is 8.70. The quantitative estimate of drug-likeness (QED) is 0.463. The van der Waals surface area contributed by atoms with Gasteiger partial charge in [-0.1, -0.05) is 30.3 Å². The van der Waals surface area contributed by atoms with E-state index in [4.69, 9.17) is 21.1 Å². The van der Waals surface area contributed by atoms with Gasteiger partial charge in [0.2, 0.25) is 5.78 Å². The number of benzene rings is 1. The van der Waals surface area contributed by atoms with E-state index in [0.29, 0.717) is 12.0 Å². The molecule has 2 bridgehead atoms. The lowest BCUT2D eigenvalue weighted by atomic mass is 9.80. The Bertz CT molecular complexity index is 686. The minimum atomic E-state index is -1.03. The normalized spacial score (nSPS) is 34.0. The van der Waals surface area contributed by atoms with Gasteiger partial charge >= 0.3 is 11.9 Å². The lowest BCUT2D eigenvalue weighted by molar-refractivity contribution is -0.157. The number of fused-ring (bicyclic) bond motifs is 1. The molecule has 0 aromatic heterocycles. The molecule has 3 fully saturated rings. The first-order chi connectivity index (χ1) is 11.6. The van der Waals surface area contributed by atoms with Crippen LogP contribution in [0.3, 0.4) is 0 Å². The van der Waals surface area contributed by atoms with E-state index in [2.05, 4.69) is 0 Å². The number of hydrogen-bond acceptors (Lipinski definition) is 5. The number of ketones is 1. The number of ether oxygens (including phenoxy) is 2. The standard InChI is InChI=1S/C18H17ClO5/c19-8-13(16(20)9-4-2-1-3-5-9)24-17(21)14-10-6-11-12(7-10)23-18(22)15(11)14/h1-5,10-15H,6-8H2/t10-,11+,12+,13+,14-,15-/m1/s1. The van der Waals surface area contributed by atoms with Crippen LogP contribution in [0.5, 0.6) is 0 Å². The highest BCUT2D eigenvalue weighted by atomic mass is 35.5. The van der Waals surface area contributed by atoms with Gasteiger partial charge in [-0.2, -0.15) is 0 Å². The summed E-state index contributed by atoms with van der Waals surface area (Å²) in [7, 11) is 0. The number of halogens is 1. The smallest absolute Gasteiger partial charge is 0.310 e. The van der Waals surface area contributed by atoms with Crippen LogP contribution in [0.15, 0.2) is 30.3 Å². The fourth-order valence-electron chi connectivity index (χ4n) is 4.49. The fraction of sp³-hybridized carbons (Fsp3) is 0.500. The van der Waals surface area contributed by atoms with Gasteiger partial charge in [-0.15, -0.1) is 11.6 Å². The number of esters is 2. The van der Waals surface area contributed by atoms with E-state index >= 15 is 0 Å². The van der Waals surface area contributed by atoms with Crippen LogP contribution in [0.1, 0.15) is 23.2 Å². The van der Waals surface area contributed by atoms with Crippen LogP contribution in [0, 0.1) is 23.7 Å². The van der Waals surface area contributed by atoms with Gasteiger partial charge in [-0.05, 0) is 18.8 Å². The largest absolute Gasteiger partial charge is 0.462 e.